The SMILES string of the molecule is [C-]#[N+]C[C@@H](O)[C@@H]1NC(=O)[C@H]([C@H](O)Cc2ccc(O)c(OSOOO)c2)NC(=O)[C@@H]2C[C@H](O)CN2C(=O)[C@H]([C@H](C)O)NC(=O)[C@@H](NC(=O)c2ccc(-c3cn4nc(-c5ccc(OCCCCCOC)cc5)sc4n3)cc2)C[C@H](O)CNC(=O)[C@@H]2[C@@H](O)[C@H](C)CN2C1=O. The first kappa shape index (κ1) is 68.8. The number of nitrogens with one attached hydrogen (secondary N) is 5. The second-order valence-electron chi connectivity index (χ2n) is 22.2. The zero-order chi connectivity index (χ0) is 65.6. The summed E-state index contributed by atoms with van der Waals surface area (Å²) in [5.74, 6) is -8.93. The summed E-state index contributed by atoms with van der Waals surface area (Å²) in [6.45, 7) is 8.91. The van der Waals surface area contributed by atoms with Gasteiger partial charge in [0.2, 0.25) is 46.9 Å². The van der Waals surface area contributed by atoms with Crippen LogP contribution in [-0.4, -0.2) is 226 Å². The maximum Gasteiger partial charge on any atom is 0.261 e. The highest BCUT2D eigenvalue weighted by atomic mass is 32.2. The second kappa shape index (κ2) is 31.8. The fraction of sp³-hybridized carbons (Fsp3) is 0.483. The molecule has 91 heavy (non-hydrogen) atoms. The van der Waals surface area contributed by atoms with Crippen LogP contribution in [0.25, 0.3) is 31.6 Å². The van der Waals surface area contributed by atoms with Crippen molar-refractivity contribution in [1.82, 2.24) is 51.0 Å². The first-order chi connectivity index (χ1) is 43.6. The summed E-state index contributed by atoms with van der Waals surface area (Å²) in [5.41, 5.74) is 2.08. The lowest BCUT2D eigenvalue weighted by molar-refractivity contribution is -0.433. The van der Waals surface area contributed by atoms with Crippen molar-refractivity contribution >= 4 is 70.0 Å². The van der Waals surface area contributed by atoms with Crippen molar-refractivity contribution in [3.63, 3.8) is 0 Å². The van der Waals surface area contributed by atoms with E-state index in [0.717, 1.165) is 59.4 Å². The number of hydrogen-bond acceptors (Lipinski definition) is 24. The van der Waals surface area contributed by atoms with Crippen LogP contribution in [0.5, 0.6) is 17.2 Å². The molecule has 3 aliphatic heterocycles. The van der Waals surface area contributed by atoms with Crippen molar-refractivity contribution in [1.29, 1.82) is 0 Å². The number of aliphatic hydroxyl groups excluding tert-OH is 6. The number of ether oxygens (including phenoxy) is 2. The Morgan fingerprint density at radius 1 is 0.824 bits per heavy atom. The number of nitrogens with zero attached hydrogens (tertiary/aromatic N) is 6. The minimum Gasteiger partial charge on any atom is -0.504 e. The van der Waals surface area contributed by atoms with Crippen molar-refractivity contribution < 1.29 is 97.6 Å². The monoisotopic (exact) mass is 1310 g/mol. The van der Waals surface area contributed by atoms with E-state index >= 15 is 0 Å². The Hall–Kier alpha value is -8.11. The molecule has 0 saturated carbocycles. The van der Waals surface area contributed by atoms with Crippen LogP contribution in [0.15, 0.2) is 72.9 Å². The number of unbranched alkanes of at least 4 members (excludes halogenated alkanes) is 2. The van der Waals surface area contributed by atoms with E-state index in [-0.39, 0.29) is 35.7 Å². The topological polar surface area (TPSA) is 429 Å². The molecule has 7 amide bonds. The van der Waals surface area contributed by atoms with E-state index in [4.69, 9.17) is 35.6 Å². The number of carbonyl (C=O) groups is 7. The van der Waals surface area contributed by atoms with Crippen LogP contribution in [0.3, 0.4) is 0 Å². The van der Waals surface area contributed by atoms with Crippen molar-refractivity contribution in [3.05, 3.63) is 95.5 Å². The van der Waals surface area contributed by atoms with Crippen LogP contribution in [0.4, 0.5) is 0 Å². The van der Waals surface area contributed by atoms with Crippen molar-refractivity contribution in [2.75, 3.05) is 46.5 Å². The van der Waals surface area contributed by atoms with Crippen molar-refractivity contribution in [3.8, 4) is 39.1 Å². The summed E-state index contributed by atoms with van der Waals surface area (Å²) < 4.78 is 21.9. The number of imidazole rings is 1. The molecular weight excluding hydrogens is 1230 g/mol. The van der Waals surface area contributed by atoms with E-state index in [1.165, 1.54) is 36.5 Å². The van der Waals surface area contributed by atoms with Gasteiger partial charge in [-0.2, -0.15) is 5.10 Å². The quantitative estimate of drug-likeness (QED) is 0.0141. The van der Waals surface area contributed by atoms with Crippen LogP contribution >= 0.6 is 23.7 Å². The van der Waals surface area contributed by atoms with Crippen molar-refractivity contribution in [2.24, 2.45) is 5.92 Å². The highest BCUT2D eigenvalue weighted by molar-refractivity contribution is 7.90. The van der Waals surface area contributed by atoms with E-state index in [1.807, 2.05) is 24.3 Å². The molecule has 490 valence electrons. The average molecular weight is 1310 g/mol. The summed E-state index contributed by atoms with van der Waals surface area (Å²) in [6.07, 6.45) is -7.76. The largest absolute Gasteiger partial charge is 0.504 e. The summed E-state index contributed by atoms with van der Waals surface area (Å²) in [5, 5.41) is 108. The number of aromatic nitrogens is 3. The molecule has 8 rings (SSSR count). The smallest absolute Gasteiger partial charge is 0.261 e. The number of methoxy groups -OCH3 is 1. The number of carbonyl (C=O) groups excluding carboxylic acids is 7. The molecule has 0 aliphatic carbocycles. The van der Waals surface area contributed by atoms with Crippen LogP contribution < -0.4 is 35.5 Å². The van der Waals surface area contributed by atoms with Crippen LogP contribution in [0.2, 0.25) is 0 Å². The molecule has 31 nitrogen and oxygen atoms in total. The number of aromatic hydroxyl groups is 1. The van der Waals surface area contributed by atoms with Gasteiger partial charge >= 0.3 is 0 Å². The van der Waals surface area contributed by atoms with E-state index in [2.05, 4.69) is 40.8 Å². The Kier molecular flexibility index (Phi) is 24.0. The Morgan fingerprint density at radius 2 is 1.52 bits per heavy atom. The minimum absolute atomic E-state index is 0.0100. The van der Waals surface area contributed by atoms with Gasteiger partial charge in [-0.3, -0.25) is 33.6 Å². The molecule has 3 aliphatic rings. The average Bonchev–Trinajstić information content (AvgIpc) is 1.71. The number of benzene rings is 3. The molecule has 0 bridgehead atoms. The number of phenols is 1. The first-order valence-electron chi connectivity index (χ1n) is 28.9. The standard InChI is InChI=1S/C58H71N11O20S2/c1-29-26-68-48(49(29)76)54(81)60-24-35(71)22-38(61-50(77)33-11-9-32(10-12-33)39-28-69-58(62-39)90-55(66-69)34-13-15-37(16-14-34)86-19-7-5-6-18-85-4)51(78)63-45(30(2)70)56(82)67-27-36(72)23-40(67)52(79)64-46(53(80)65-47(57(68)83)43(75)25-59-3)42(74)20-31-8-17-41(73)44(21-31)87-91-89-88-84/h8-17,21,28-30,35-36,38,40,42-43,45-49,70-76,84H,5-7,18-20,22-27H2,1-2,4H3,(H,60,81)(H,61,77)(H,63,78)(H,64,79)(H,65,80)/t29-,30+,35+,36+,38+,40+,42-,43-,45+,46+,47+,48+,49+/m1/s1. The Morgan fingerprint density at radius 3 is 2.21 bits per heavy atom. The molecule has 13 N–H and O–H groups in total. The maximum atomic E-state index is 14.6. The van der Waals surface area contributed by atoms with E-state index < -0.39 is 165 Å². The van der Waals surface area contributed by atoms with Gasteiger partial charge in [-0.15, -0.1) is 0 Å². The Bertz CT molecular complexity index is 3380. The van der Waals surface area contributed by atoms with E-state index in [9.17, 15) is 69.3 Å². The fourth-order valence-electron chi connectivity index (χ4n) is 10.7. The maximum absolute atomic E-state index is 14.6. The number of hydrogen-bond donors (Lipinski definition) is 13. The van der Waals surface area contributed by atoms with Gasteiger partial charge in [-0.1, -0.05) is 45.8 Å². The predicted molar refractivity (Wildman–Crippen MR) is 320 cm³/mol. The van der Waals surface area contributed by atoms with Gasteiger partial charge in [0.05, 0.1) is 49.0 Å². The van der Waals surface area contributed by atoms with E-state index in [1.54, 1.807) is 30.0 Å². The highest BCUT2D eigenvalue weighted by Crippen LogP contribution is 2.33. The van der Waals surface area contributed by atoms with Gasteiger partial charge in [0.15, 0.2) is 17.6 Å². The van der Waals surface area contributed by atoms with Crippen LogP contribution in [0.1, 0.15) is 61.9 Å². The third-order valence-electron chi connectivity index (χ3n) is 15.5. The number of fused-ring (bicyclic) bond motifs is 3. The number of amides is 7. The number of rotatable bonds is 21. The molecule has 5 aromatic rings. The summed E-state index contributed by atoms with van der Waals surface area (Å²) >= 11 is 1.42. The molecule has 13 atom stereocenters. The number of phenolic OH excluding ortho intramolecular Hbond substituents is 1. The van der Waals surface area contributed by atoms with Gasteiger partial charge in [0, 0.05) is 75.2 Å². The number of β-amino-alcohol motifs (C(OH)–C–C–N with tert-alkyl or cyclic N) is 1. The Balaban J connectivity index is 1.05. The van der Waals surface area contributed by atoms with Gasteiger partial charge in [0.1, 0.15) is 47.0 Å². The molecule has 3 saturated heterocycles. The Labute approximate surface area is 528 Å². The van der Waals surface area contributed by atoms with Crippen LogP contribution in [-0.2, 0) is 49.3 Å². The molecule has 0 radical (unpaired) electrons. The highest BCUT2D eigenvalue weighted by Gasteiger charge is 2.50. The van der Waals surface area contributed by atoms with Gasteiger partial charge in [-0.25, -0.2) is 21.3 Å². The molecule has 2 aromatic heterocycles. The molecule has 33 heteroatoms. The minimum atomic E-state index is -2.15. The molecule has 5 heterocycles. The van der Waals surface area contributed by atoms with Gasteiger partial charge in [-0.05, 0) is 80.3 Å². The molecule has 0 spiro atoms. The second-order valence-corrected chi connectivity index (χ2v) is 23.6. The summed E-state index contributed by atoms with van der Waals surface area (Å²) in [7, 11) is 1.67. The zero-order valence-electron chi connectivity index (χ0n) is 49.4. The third kappa shape index (κ3) is 17.3. The normalized spacial score (nSPS) is 24.8. The van der Waals surface area contributed by atoms with Crippen molar-refractivity contribution in [2.45, 2.75) is 125 Å². The number of aliphatic hydroxyl groups is 6. The zero-order valence-corrected chi connectivity index (χ0v) is 51.0. The van der Waals surface area contributed by atoms with Gasteiger partial charge < -0.3 is 90.6 Å². The summed E-state index contributed by atoms with van der Waals surface area (Å²) in [4.78, 5) is 111. The molecule has 3 fully saturated rings. The molecular formula is C58H71N11O20S2. The fourth-order valence-corrected chi connectivity index (χ4v) is 11.8. The first-order valence-corrected chi connectivity index (χ1v) is 30.4. The molecule has 3 aromatic carbocycles. The lowest BCUT2D eigenvalue weighted by atomic mass is 9.99. The van der Waals surface area contributed by atoms with Crippen LogP contribution in [0, 0.1) is 12.5 Å². The molecule has 0 unspecified atom stereocenters. The predicted octanol–water partition coefficient (Wildman–Crippen LogP) is -0.743. The van der Waals surface area contributed by atoms with Gasteiger partial charge in [0.25, 0.3) is 18.2 Å². The lowest BCUT2D eigenvalue weighted by Gasteiger charge is -2.33. The third-order valence-corrected chi connectivity index (χ3v) is 16.9. The lowest BCUT2D eigenvalue weighted by Crippen LogP contribution is -2.64. The summed E-state index contributed by atoms with van der Waals surface area (Å²) in [6, 6.07) is 5.76. The van der Waals surface area contributed by atoms with E-state index in [0.29, 0.717) is 34.4 Å².